The van der Waals surface area contributed by atoms with Crippen LogP contribution >= 0.6 is 0 Å². The van der Waals surface area contributed by atoms with Crippen LogP contribution in [0.3, 0.4) is 0 Å². The minimum Gasteiger partial charge on any atom is -0.453 e. The molecular weight excluding hydrogens is 895 g/mol. The van der Waals surface area contributed by atoms with Gasteiger partial charge in [0.25, 0.3) is 0 Å². The van der Waals surface area contributed by atoms with Crippen LogP contribution in [-0.4, -0.2) is 0 Å². The van der Waals surface area contributed by atoms with E-state index in [0.29, 0.717) is 0 Å². The molecule has 5 aliphatic rings. The van der Waals surface area contributed by atoms with Gasteiger partial charge in [0.05, 0.1) is 17.1 Å². The van der Waals surface area contributed by atoms with Crippen LogP contribution in [0, 0.1) is 0 Å². The Morgan fingerprint density at radius 3 is 1.08 bits per heavy atom. The minimum absolute atomic E-state index is 0.116. The largest absolute Gasteiger partial charge is 0.453 e. The van der Waals surface area contributed by atoms with Gasteiger partial charge in [-0.15, -0.1) is 0 Å². The van der Waals surface area contributed by atoms with E-state index in [-0.39, 0.29) is 21.7 Å². The monoisotopic (exact) mass is 951 g/mol. The van der Waals surface area contributed by atoms with Gasteiger partial charge < -0.3 is 9.64 Å². The molecule has 1 aliphatic heterocycles. The molecule has 2 heteroatoms. The number of fused-ring (bicyclic) bond motifs is 14. The van der Waals surface area contributed by atoms with E-state index >= 15 is 0 Å². The van der Waals surface area contributed by atoms with Gasteiger partial charge in [0, 0.05) is 32.8 Å². The fourth-order valence-corrected chi connectivity index (χ4v) is 14.6. The SMILES string of the molecule is CC1(C)c2ccccc2-c2ccc(-c3ccc4c(c3)Oc3cc(-c5ccc6c(c5)C(C)(C)c5ccccc5-6)ccc3N4c3c4c(c(-c5ccccc5)c5c3-c3ccccc3C5(C)C)C(C)(C)c3ccccc3-4)cc21. The summed E-state index contributed by atoms with van der Waals surface area (Å²) in [6, 6.07) is 75.5. The van der Waals surface area contributed by atoms with Crippen molar-refractivity contribution in [3.8, 4) is 89.4 Å². The first kappa shape index (κ1) is 43.4. The maximum Gasteiger partial charge on any atom is 0.152 e. The summed E-state index contributed by atoms with van der Waals surface area (Å²) in [6.07, 6.45) is 0. The highest BCUT2D eigenvalue weighted by Crippen LogP contribution is 2.68. The Morgan fingerprint density at radius 2 is 0.635 bits per heavy atom. The third kappa shape index (κ3) is 5.61. The molecule has 0 N–H and O–H groups in total. The van der Waals surface area contributed by atoms with Gasteiger partial charge in [0.15, 0.2) is 11.5 Å². The summed E-state index contributed by atoms with van der Waals surface area (Å²) in [6.45, 7) is 19.2. The average molecular weight is 952 g/mol. The third-order valence-electron chi connectivity index (χ3n) is 18.2. The molecule has 0 aromatic heterocycles. The van der Waals surface area contributed by atoms with E-state index in [4.69, 9.17) is 4.74 Å². The van der Waals surface area contributed by atoms with Gasteiger partial charge in [-0.05, 0) is 148 Å². The van der Waals surface area contributed by atoms with E-state index in [0.717, 1.165) is 34.0 Å². The van der Waals surface area contributed by atoms with E-state index < -0.39 is 0 Å². The zero-order valence-electron chi connectivity index (χ0n) is 43.4. The molecule has 0 saturated heterocycles. The van der Waals surface area contributed by atoms with Crippen molar-refractivity contribution in [2.45, 2.75) is 77.0 Å². The molecule has 4 aliphatic carbocycles. The number of ether oxygens (including phenoxy) is 1. The van der Waals surface area contributed by atoms with E-state index in [2.05, 4.69) is 260 Å². The molecule has 15 rings (SSSR count). The Kier molecular flexibility index (Phi) is 8.64. The number of nitrogens with zero attached hydrogens (tertiary/aromatic N) is 1. The van der Waals surface area contributed by atoms with Crippen LogP contribution in [0.1, 0.15) is 99.9 Å². The Hall–Kier alpha value is -8.20. The predicted octanol–water partition coefficient (Wildman–Crippen LogP) is 19.5. The van der Waals surface area contributed by atoms with Crippen LogP contribution in [0.5, 0.6) is 11.5 Å². The second-order valence-electron chi connectivity index (χ2n) is 23.6. The van der Waals surface area contributed by atoms with Crippen molar-refractivity contribution in [1.29, 1.82) is 0 Å². The molecule has 0 spiro atoms. The summed E-state index contributed by atoms with van der Waals surface area (Å²) in [7, 11) is 0. The minimum atomic E-state index is -0.306. The van der Waals surface area contributed by atoms with Gasteiger partial charge >= 0.3 is 0 Å². The van der Waals surface area contributed by atoms with E-state index in [1.165, 1.54) is 117 Å². The molecule has 2 nitrogen and oxygen atoms in total. The van der Waals surface area contributed by atoms with Crippen LogP contribution < -0.4 is 9.64 Å². The fourth-order valence-electron chi connectivity index (χ4n) is 14.6. The van der Waals surface area contributed by atoms with Crippen molar-refractivity contribution in [3.63, 3.8) is 0 Å². The summed E-state index contributed by atoms with van der Waals surface area (Å²) in [4.78, 5) is 2.59. The highest BCUT2D eigenvalue weighted by Gasteiger charge is 2.49. The second-order valence-corrected chi connectivity index (χ2v) is 23.6. The van der Waals surface area contributed by atoms with Gasteiger partial charge in [-0.1, -0.05) is 219 Å². The van der Waals surface area contributed by atoms with Crippen molar-refractivity contribution >= 4 is 17.1 Å². The summed E-state index contributed by atoms with van der Waals surface area (Å²) < 4.78 is 7.43. The standard InChI is InChI=1S/C72H57NO/c1-69(2)53-26-16-12-22-47(53)49-34-30-43(38-57(49)69)45-32-36-59-61(40-45)74-62-41-46(44-31-35-50-48-23-13-17-27-54(48)70(3,4)58(50)39-44)33-37-60(62)73(59)68-64-51-24-14-18-28-55(51)71(5,6)66(64)63(42-20-10-9-11-21-42)67-65(68)52-25-15-19-29-56(52)72(67,7)8/h9-41H,1-8H3. The number of rotatable bonds is 4. The fraction of sp³-hybridized carbons (Fsp3) is 0.167. The lowest BCUT2D eigenvalue weighted by atomic mass is 9.71. The smallest absolute Gasteiger partial charge is 0.152 e. The maximum atomic E-state index is 7.43. The first-order valence-electron chi connectivity index (χ1n) is 26.5. The molecule has 10 aromatic rings. The predicted molar refractivity (Wildman–Crippen MR) is 308 cm³/mol. The molecule has 0 bridgehead atoms. The maximum absolute atomic E-state index is 7.43. The molecule has 0 saturated carbocycles. The second kappa shape index (κ2) is 14.7. The van der Waals surface area contributed by atoms with Gasteiger partial charge in [-0.3, -0.25) is 0 Å². The summed E-state index contributed by atoms with van der Waals surface area (Å²) in [5, 5.41) is 0. The van der Waals surface area contributed by atoms with Crippen molar-refractivity contribution in [2.24, 2.45) is 0 Å². The molecule has 0 radical (unpaired) electrons. The summed E-state index contributed by atoms with van der Waals surface area (Å²) in [5.74, 6) is 1.68. The Bertz CT molecular complexity index is 3870. The normalized spacial score (nSPS) is 16.4. The van der Waals surface area contributed by atoms with Crippen LogP contribution in [0.25, 0.3) is 77.9 Å². The third-order valence-corrected chi connectivity index (χ3v) is 18.2. The first-order chi connectivity index (χ1) is 35.7. The Balaban J connectivity index is 1.01. The molecule has 0 atom stereocenters. The molecule has 74 heavy (non-hydrogen) atoms. The Labute approximate surface area is 435 Å². The van der Waals surface area contributed by atoms with Gasteiger partial charge in [-0.25, -0.2) is 0 Å². The lowest BCUT2D eigenvalue weighted by Crippen LogP contribution is -2.23. The van der Waals surface area contributed by atoms with Gasteiger partial charge in [0.2, 0.25) is 0 Å². The number of hydrogen-bond donors (Lipinski definition) is 0. The molecule has 356 valence electrons. The van der Waals surface area contributed by atoms with Crippen molar-refractivity contribution < 1.29 is 4.74 Å². The zero-order valence-corrected chi connectivity index (χ0v) is 43.4. The van der Waals surface area contributed by atoms with E-state index in [1.54, 1.807) is 0 Å². The molecule has 0 unspecified atom stereocenters. The average Bonchev–Trinajstić information content (AvgIpc) is 4.03. The summed E-state index contributed by atoms with van der Waals surface area (Å²) in [5.41, 5.74) is 31.1. The van der Waals surface area contributed by atoms with Crippen molar-refractivity contribution in [2.75, 3.05) is 4.90 Å². The number of anilines is 3. The first-order valence-corrected chi connectivity index (χ1v) is 26.5. The number of hydrogen-bond acceptors (Lipinski definition) is 2. The van der Waals surface area contributed by atoms with Crippen molar-refractivity contribution in [3.05, 3.63) is 245 Å². The molecule has 10 aromatic carbocycles. The molecule has 1 heterocycles. The van der Waals surface area contributed by atoms with Crippen LogP contribution in [0.4, 0.5) is 17.1 Å². The number of benzene rings is 10. The van der Waals surface area contributed by atoms with Gasteiger partial charge in [-0.2, -0.15) is 0 Å². The highest BCUT2D eigenvalue weighted by atomic mass is 16.5. The summed E-state index contributed by atoms with van der Waals surface area (Å²) >= 11 is 0. The molecule has 0 amide bonds. The van der Waals surface area contributed by atoms with E-state index in [1.807, 2.05) is 0 Å². The molecule has 0 fully saturated rings. The van der Waals surface area contributed by atoms with Crippen LogP contribution in [0.15, 0.2) is 200 Å². The van der Waals surface area contributed by atoms with Crippen molar-refractivity contribution in [1.82, 2.24) is 0 Å². The topological polar surface area (TPSA) is 12.5 Å². The molecular formula is C72H57NO. The van der Waals surface area contributed by atoms with Crippen LogP contribution in [-0.2, 0) is 21.7 Å². The highest BCUT2D eigenvalue weighted by molar-refractivity contribution is 6.11. The lowest BCUT2D eigenvalue weighted by molar-refractivity contribution is 0.477. The van der Waals surface area contributed by atoms with E-state index in [9.17, 15) is 0 Å². The quantitative estimate of drug-likeness (QED) is 0.174. The zero-order chi connectivity index (χ0) is 50.2. The lowest BCUT2D eigenvalue weighted by Gasteiger charge is -2.38. The van der Waals surface area contributed by atoms with Crippen LogP contribution in [0.2, 0.25) is 0 Å². The Morgan fingerprint density at radius 1 is 0.284 bits per heavy atom. The van der Waals surface area contributed by atoms with Gasteiger partial charge in [0.1, 0.15) is 0 Å².